The highest BCUT2D eigenvalue weighted by atomic mass is 32.2. The van der Waals surface area contributed by atoms with E-state index in [0.717, 1.165) is 5.75 Å². The fourth-order valence-electron chi connectivity index (χ4n) is 2.94. The van der Waals surface area contributed by atoms with Gasteiger partial charge in [-0.25, -0.2) is 0 Å². The second-order valence-electron chi connectivity index (χ2n) is 5.54. The fraction of sp³-hybridized carbons (Fsp3) is 0.556. The normalized spacial score (nSPS) is 18.5. The zero-order chi connectivity index (χ0) is 15.1. The fourth-order valence-corrected chi connectivity index (χ4v) is 3.61. The van der Waals surface area contributed by atoms with Gasteiger partial charge in [-0.1, -0.05) is 31.6 Å². The quantitative estimate of drug-likeness (QED) is 0.758. The molecule has 0 N–H and O–H groups in total. The number of methoxy groups -OCH3 is 1. The van der Waals surface area contributed by atoms with E-state index in [1.165, 1.54) is 49.2 Å². The lowest BCUT2D eigenvalue weighted by Crippen LogP contribution is -2.37. The van der Waals surface area contributed by atoms with Gasteiger partial charge in [0.15, 0.2) is 0 Å². The van der Waals surface area contributed by atoms with E-state index < -0.39 is 0 Å². The zero-order valence-electron chi connectivity index (χ0n) is 13.5. The molecule has 1 aliphatic heterocycles. The largest absolute Gasteiger partial charge is 0.497 e. The Morgan fingerprint density at radius 2 is 1.90 bits per heavy atom. The van der Waals surface area contributed by atoms with Crippen LogP contribution in [0.2, 0.25) is 0 Å². The third-order valence-corrected chi connectivity index (χ3v) is 5.03. The van der Waals surface area contributed by atoms with Crippen LogP contribution in [0.1, 0.15) is 38.2 Å². The minimum Gasteiger partial charge on any atom is -0.497 e. The Kier molecular flexibility index (Phi) is 6.65. The molecule has 0 spiro atoms. The van der Waals surface area contributed by atoms with Crippen LogP contribution in [-0.2, 0) is 0 Å². The molecule has 3 heteroatoms. The molecule has 1 aliphatic rings. The van der Waals surface area contributed by atoms with E-state index in [4.69, 9.17) is 4.74 Å². The summed E-state index contributed by atoms with van der Waals surface area (Å²) in [5.41, 5.74) is 1.29. The molecule has 116 valence electrons. The van der Waals surface area contributed by atoms with E-state index in [2.05, 4.69) is 36.3 Å². The second kappa shape index (κ2) is 8.50. The molecule has 0 aromatic heterocycles. The van der Waals surface area contributed by atoms with E-state index in [-0.39, 0.29) is 0 Å². The first-order chi connectivity index (χ1) is 10.3. The summed E-state index contributed by atoms with van der Waals surface area (Å²) >= 11 is 1.84. The Morgan fingerprint density at radius 3 is 2.43 bits per heavy atom. The van der Waals surface area contributed by atoms with Gasteiger partial charge in [0.25, 0.3) is 0 Å². The molecule has 2 rings (SSSR count). The Balaban J connectivity index is 2.15. The highest BCUT2D eigenvalue weighted by Crippen LogP contribution is 2.29. The molecule has 0 radical (unpaired) electrons. The van der Waals surface area contributed by atoms with E-state index >= 15 is 0 Å². The molecule has 2 nitrogen and oxygen atoms in total. The maximum atomic E-state index is 5.25. The molecule has 0 bridgehead atoms. The van der Waals surface area contributed by atoms with Gasteiger partial charge >= 0.3 is 0 Å². The molecule has 1 aromatic rings. The predicted molar refractivity (Wildman–Crippen MR) is 94.0 cm³/mol. The monoisotopic (exact) mass is 305 g/mol. The predicted octanol–water partition coefficient (Wildman–Crippen LogP) is 4.66. The first-order valence-electron chi connectivity index (χ1n) is 7.92. The molecule has 1 atom stereocenters. The highest BCUT2D eigenvalue weighted by Gasteiger charge is 2.18. The van der Waals surface area contributed by atoms with Crippen molar-refractivity contribution in [2.24, 2.45) is 0 Å². The van der Waals surface area contributed by atoms with Crippen LogP contribution in [0.15, 0.2) is 30.3 Å². The summed E-state index contributed by atoms with van der Waals surface area (Å²) in [4.78, 5) is 4.01. The van der Waals surface area contributed by atoms with Gasteiger partial charge in [-0.05, 0) is 56.3 Å². The lowest BCUT2D eigenvalue weighted by atomic mass is 10.0. The van der Waals surface area contributed by atoms with Crippen LogP contribution in [0.25, 0.3) is 4.91 Å². The van der Waals surface area contributed by atoms with Crippen LogP contribution in [0.4, 0.5) is 0 Å². The van der Waals surface area contributed by atoms with E-state index in [0.29, 0.717) is 6.04 Å². The average molecular weight is 305 g/mol. The Hall–Kier alpha value is -0.930. The summed E-state index contributed by atoms with van der Waals surface area (Å²) < 4.78 is 5.25. The third-order valence-electron chi connectivity index (χ3n) is 4.22. The van der Waals surface area contributed by atoms with Crippen LogP contribution in [0, 0.1) is 0 Å². The maximum Gasteiger partial charge on any atom is 0.118 e. The topological polar surface area (TPSA) is 12.5 Å². The molecule has 21 heavy (non-hydrogen) atoms. The van der Waals surface area contributed by atoms with Gasteiger partial charge in [-0.15, -0.1) is 11.8 Å². The van der Waals surface area contributed by atoms with Crippen molar-refractivity contribution in [1.29, 1.82) is 0 Å². The lowest BCUT2D eigenvalue weighted by Gasteiger charge is -2.32. The molecule has 1 aromatic carbocycles. The van der Waals surface area contributed by atoms with Crippen molar-refractivity contribution in [2.75, 3.05) is 26.5 Å². The van der Waals surface area contributed by atoms with Crippen LogP contribution in [0.5, 0.6) is 5.75 Å². The molecule has 1 saturated heterocycles. The molecule has 1 fully saturated rings. The summed E-state index contributed by atoms with van der Waals surface area (Å²) in [6.45, 7) is 4.79. The molecule has 0 amide bonds. The zero-order valence-corrected chi connectivity index (χ0v) is 14.3. The minimum atomic E-state index is 0.565. The number of rotatable bonds is 6. The number of hydrogen-bond donors (Lipinski definition) is 0. The van der Waals surface area contributed by atoms with Crippen molar-refractivity contribution in [2.45, 2.75) is 38.6 Å². The van der Waals surface area contributed by atoms with Crippen LogP contribution < -0.4 is 4.74 Å². The van der Waals surface area contributed by atoms with Gasteiger partial charge in [0.05, 0.1) is 7.11 Å². The first-order valence-corrected chi connectivity index (χ1v) is 9.15. The van der Waals surface area contributed by atoms with Crippen molar-refractivity contribution in [3.63, 3.8) is 0 Å². The van der Waals surface area contributed by atoms with Crippen molar-refractivity contribution in [3.8, 4) is 5.75 Å². The van der Waals surface area contributed by atoms with E-state index in [1.807, 2.05) is 23.9 Å². The van der Waals surface area contributed by atoms with Crippen molar-refractivity contribution >= 4 is 16.7 Å². The number of piperidine rings is 1. The van der Waals surface area contributed by atoms with Gasteiger partial charge in [-0.3, -0.25) is 4.90 Å². The molecular formula is C18H27NOS. The van der Waals surface area contributed by atoms with Crippen LogP contribution in [-0.4, -0.2) is 37.4 Å². The summed E-state index contributed by atoms with van der Waals surface area (Å²) in [5.74, 6) is 0.919. The molecule has 0 aliphatic carbocycles. The number of hydrogen-bond acceptors (Lipinski definition) is 3. The lowest BCUT2D eigenvalue weighted by molar-refractivity contribution is 0.187. The van der Waals surface area contributed by atoms with E-state index in [1.54, 1.807) is 7.11 Å². The summed E-state index contributed by atoms with van der Waals surface area (Å²) in [7, 11) is 1.71. The van der Waals surface area contributed by atoms with Gasteiger partial charge in [0, 0.05) is 10.9 Å². The maximum absolute atomic E-state index is 5.25. The molecule has 0 saturated carbocycles. The van der Waals surface area contributed by atoms with Crippen molar-refractivity contribution < 1.29 is 4.74 Å². The number of likely N-dealkylation sites (tertiary alicyclic amines) is 1. The summed E-state index contributed by atoms with van der Waals surface area (Å²) in [5, 5.41) is 0. The first kappa shape index (κ1) is 16.4. The number of benzene rings is 1. The van der Waals surface area contributed by atoms with Crippen molar-refractivity contribution in [3.05, 3.63) is 35.9 Å². The molecular weight excluding hydrogens is 278 g/mol. The third kappa shape index (κ3) is 4.52. The Morgan fingerprint density at radius 1 is 1.24 bits per heavy atom. The molecule has 1 unspecified atom stereocenters. The van der Waals surface area contributed by atoms with Crippen LogP contribution in [0.3, 0.4) is 0 Å². The average Bonchev–Trinajstić information content (AvgIpc) is 2.57. The summed E-state index contributed by atoms with van der Waals surface area (Å²) in [6.07, 6.45) is 9.89. The Bertz CT molecular complexity index is 449. The van der Waals surface area contributed by atoms with Gasteiger partial charge in [0.1, 0.15) is 5.75 Å². The smallest absolute Gasteiger partial charge is 0.118 e. The number of ether oxygens (including phenoxy) is 1. The van der Waals surface area contributed by atoms with Crippen molar-refractivity contribution in [1.82, 2.24) is 4.90 Å². The van der Waals surface area contributed by atoms with Gasteiger partial charge in [-0.2, -0.15) is 0 Å². The van der Waals surface area contributed by atoms with Gasteiger partial charge in [0.2, 0.25) is 0 Å². The van der Waals surface area contributed by atoms with Gasteiger partial charge < -0.3 is 4.74 Å². The molecule has 1 heterocycles. The number of nitrogens with zero attached hydrogens (tertiary/aromatic N) is 1. The minimum absolute atomic E-state index is 0.565. The van der Waals surface area contributed by atoms with Crippen LogP contribution >= 0.6 is 11.8 Å². The summed E-state index contributed by atoms with van der Waals surface area (Å²) in [6, 6.07) is 8.96. The van der Waals surface area contributed by atoms with E-state index in [9.17, 15) is 0 Å². The number of thioether (sulfide) groups is 1. The highest BCUT2D eigenvalue weighted by molar-refractivity contribution is 8.07. The SMILES string of the molecule is CCC(/C=C(\SC)c1ccc(OC)cc1)N1CCCCC1. The standard InChI is InChI=1S/C18H27NOS/c1-4-16(19-12-6-5-7-13-19)14-18(21-3)15-8-10-17(20-2)11-9-15/h8-11,14,16H,4-7,12-13H2,1-3H3/b18-14-. The second-order valence-corrected chi connectivity index (χ2v) is 6.38. The Labute approximate surface area is 133 Å².